The molecule has 1 aliphatic rings. The highest BCUT2D eigenvalue weighted by molar-refractivity contribution is 6.38. The SMILES string of the molecule is CC1CCN(Cc2ccn(-c3ncccc3C(=O)NC(Cc3ccccc3)C(=O)C(N)=O)n2)CC1.O=C(O)C(F)(F)F. The van der Waals surface area contributed by atoms with Gasteiger partial charge >= 0.3 is 12.1 Å². The molecule has 0 radical (unpaired) electrons. The Morgan fingerprint density at radius 2 is 1.71 bits per heavy atom. The van der Waals surface area contributed by atoms with Gasteiger partial charge < -0.3 is 16.2 Å². The quantitative estimate of drug-likeness (QED) is 0.322. The summed E-state index contributed by atoms with van der Waals surface area (Å²) in [5.74, 6) is -4.15. The number of amides is 2. The molecule has 0 spiro atoms. The van der Waals surface area contributed by atoms with Crippen molar-refractivity contribution in [3.63, 3.8) is 0 Å². The fraction of sp³-hybridized carbons (Fsp3) is 0.357. The highest BCUT2D eigenvalue weighted by Gasteiger charge is 2.38. The second kappa shape index (κ2) is 14.3. The number of carboxylic acid groups (broad SMARTS) is 1. The van der Waals surface area contributed by atoms with Gasteiger partial charge in [0.15, 0.2) is 5.82 Å². The summed E-state index contributed by atoms with van der Waals surface area (Å²) in [6.45, 7) is 5.10. The van der Waals surface area contributed by atoms with Crippen molar-refractivity contribution in [3.8, 4) is 5.82 Å². The zero-order valence-corrected chi connectivity index (χ0v) is 22.8. The Kier molecular flexibility index (Phi) is 10.9. The van der Waals surface area contributed by atoms with E-state index in [4.69, 9.17) is 15.6 Å². The number of pyridine rings is 1. The van der Waals surface area contributed by atoms with Crippen LogP contribution in [0, 0.1) is 5.92 Å². The monoisotopic (exact) mass is 588 g/mol. The van der Waals surface area contributed by atoms with E-state index in [0.29, 0.717) is 5.82 Å². The van der Waals surface area contributed by atoms with Gasteiger partial charge in [-0.25, -0.2) is 14.5 Å². The number of hydrogen-bond donors (Lipinski definition) is 3. The van der Waals surface area contributed by atoms with E-state index >= 15 is 0 Å². The summed E-state index contributed by atoms with van der Waals surface area (Å²) < 4.78 is 33.3. The molecule has 3 heterocycles. The molecule has 11 nitrogen and oxygen atoms in total. The van der Waals surface area contributed by atoms with Gasteiger partial charge in [0.25, 0.3) is 11.8 Å². The third-order valence-electron chi connectivity index (χ3n) is 6.54. The van der Waals surface area contributed by atoms with Crippen LogP contribution in [0.5, 0.6) is 0 Å². The number of carbonyl (C=O) groups is 4. The summed E-state index contributed by atoms with van der Waals surface area (Å²) in [6, 6.07) is 13.2. The Bertz CT molecular complexity index is 1390. The number of aromatic nitrogens is 3. The minimum absolute atomic E-state index is 0.143. The van der Waals surface area contributed by atoms with E-state index in [-0.39, 0.29) is 12.0 Å². The first-order valence-corrected chi connectivity index (χ1v) is 13.1. The lowest BCUT2D eigenvalue weighted by atomic mass is 9.99. The number of rotatable bonds is 9. The molecule has 224 valence electrons. The van der Waals surface area contributed by atoms with Crippen molar-refractivity contribution in [3.05, 3.63) is 77.7 Å². The van der Waals surface area contributed by atoms with Crippen LogP contribution >= 0.6 is 0 Å². The maximum Gasteiger partial charge on any atom is 0.490 e. The molecule has 1 saturated heterocycles. The number of piperidine rings is 1. The molecule has 1 aliphatic heterocycles. The third-order valence-corrected chi connectivity index (χ3v) is 6.54. The molecule has 0 bridgehead atoms. The first kappa shape index (κ1) is 31.9. The molecule has 42 heavy (non-hydrogen) atoms. The van der Waals surface area contributed by atoms with Crippen LogP contribution in [-0.2, 0) is 27.3 Å². The summed E-state index contributed by atoms with van der Waals surface area (Å²) in [6.07, 6.45) is 0.774. The molecule has 4 rings (SSSR count). The molecule has 3 aromatic rings. The lowest BCUT2D eigenvalue weighted by Crippen LogP contribution is -2.47. The van der Waals surface area contributed by atoms with E-state index < -0.39 is 35.8 Å². The van der Waals surface area contributed by atoms with Gasteiger partial charge in [-0.15, -0.1) is 0 Å². The van der Waals surface area contributed by atoms with Gasteiger partial charge in [0.1, 0.15) is 6.04 Å². The molecule has 1 aromatic carbocycles. The van der Waals surface area contributed by atoms with Crippen LogP contribution in [0.4, 0.5) is 13.2 Å². The molecular formula is C28H31F3N6O5. The number of benzene rings is 1. The van der Waals surface area contributed by atoms with Crippen molar-refractivity contribution in [1.29, 1.82) is 0 Å². The maximum absolute atomic E-state index is 13.2. The number of hydrogen-bond acceptors (Lipinski definition) is 7. The van der Waals surface area contributed by atoms with Crippen LogP contribution in [0.25, 0.3) is 5.82 Å². The fourth-order valence-electron chi connectivity index (χ4n) is 4.24. The van der Waals surface area contributed by atoms with Crippen molar-refractivity contribution >= 4 is 23.6 Å². The Morgan fingerprint density at radius 3 is 2.31 bits per heavy atom. The number of primary amides is 1. The molecule has 14 heteroatoms. The Morgan fingerprint density at radius 1 is 1.07 bits per heavy atom. The summed E-state index contributed by atoms with van der Waals surface area (Å²) in [4.78, 5) is 52.9. The average Bonchev–Trinajstić information content (AvgIpc) is 3.42. The van der Waals surface area contributed by atoms with Crippen LogP contribution in [0.3, 0.4) is 0 Å². The summed E-state index contributed by atoms with van der Waals surface area (Å²) >= 11 is 0. The zero-order valence-electron chi connectivity index (χ0n) is 22.8. The Hall–Kier alpha value is -4.59. The van der Waals surface area contributed by atoms with E-state index in [1.165, 1.54) is 12.8 Å². The second-order valence-electron chi connectivity index (χ2n) is 9.83. The van der Waals surface area contributed by atoms with Gasteiger partial charge in [-0.1, -0.05) is 37.3 Å². The highest BCUT2D eigenvalue weighted by Crippen LogP contribution is 2.19. The van der Waals surface area contributed by atoms with Crippen molar-refractivity contribution in [2.24, 2.45) is 11.7 Å². The molecular weight excluding hydrogens is 557 g/mol. The Balaban J connectivity index is 0.000000616. The van der Waals surface area contributed by atoms with Gasteiger partial charge in [-0.3, -0.25) is 19.3 Å². The van der Waals surface area contributed by atoms with Gasteiger partial charge in [0.2, 0.25) is 5.78 Å². The van der Waals surface area contributed by atoms with E-state index in [2.05, 4.69) is 27.2 Å². The molecule has 0 aliphatic carbocycles. The standard InChI is InChI=1S/C26H30N6O3.C2HF3O2/c1-18-9-13-31(14-10-18)17-20-11-15-32(30-20)25-21(8-5-12-28-25)26(35)29-22(23(33)24(27)34)16-19-6-3-2-4-7-19;3-2(4,5)1(6)7/h2-8,11-12,15,18,22H,9-10,13-14,16-17H2,1H3,(H2,27,34)(H,29,35);(H,6,7). The average molecular weight is 589 g/mol. The van der Waals surface area contributed by atoms with E-state index in [9.17, 15) is 27.6 Å². The number of halogens is 3. The fourth-order valence-corrected chi connectivity index (χ4v) is 4.24. The maximum atomic E-state index is 13.2. The largest absolute Gasteiger partial charge is 0.490 e. The minimum Gasteiger partial charge on any atom is -0.475 e. The lowest BCUT2D eigenvalue weighted by Gasteiger charge is -2.29. The van der Waals surface area contributed by atoms with Crippen LogP contribution in [-0.4, -0.2) is 73.6 Å². The van der Waals surface area contributed by atoms with E-state index in [0.717, 1.165) is 36.8 Å². The van der Waals surface area contributed by atoms with Crippen LogP contribution in [0.2, 0.25) is 0 Å². The first-order valence-electron chi connectivity index (χ1n) is 13.1. The normalized spacial score (nSPS) is 14.8. The van der Waals surface area contributed by atoms with Gasteiger partial charge in [-0.2, -0.15) is 18.3 Å². The molecule has 1 atom stereocenters. The van der Waals surface area contributed by atoms with Crippen LogP contribution in [0.1, 0.15) is 41.4 Å². The van der Waals surface area contributed by atoms with Gasteiger partial charge in [0, 0.05) is 25.4 Å². The molecule has 1 unspecified atom stereocenters. The number of nitrogens with zero attached hydrogens (tertiary/aromatic N) is 4. The van der Waals surface area contributed by atoms with Crippen molar-refractivity contribution in [1.82, 2.24) is 25.0 Å². The molecule has 4 N–H and O–H groups in total. The number of carboxylic acids is 1. The van der Waals surface area contributed by atoms with Crippen molar-refractivity contribution < 1.29 is 37.5 Å². The number of nitrogens with two attached hydrogens (primary N) is 1. The number of nitrogens with one attached hydrogen (secondary N) is 1. The lowest BCUT2D eigenvalue weighted by molar-refractivity contribution is -0.192. The number of likely N-dealkylation sites (tertiary alicyclic amines) is 1. The first-order chi connectivity index (χ1) is 19.8. The summed E-state index contributed by atoms with van der Waals surface area (Å²) in [5.41, 5.74) is 7.17. The predicted octanol–water partition coefficient (Wildman–Crippen LogP) is 2.53. The number of alkyl halides is 3. The van der Waals surface area contributed by atoms with Crippen molar-refractivity contribution in [2.45, 2.75) is 44.9 Å². The van der Waals surface area contributed by atoms with E-state index in [1.54, 1.807) is 29.2 Å². The highest BCUT2D eigenvalue weighted by atomic mass is 19.4. The number of Topliss-reactive ketones (excluding diaryl/α,β-unsaturated/α-hetero) is 1. The minimum atomic E-state index is -5.08. The summed E-state index contributed by atoms with van der Waals surface area (Å²) in [5, 5.41) is 14.4. The molecule has 2 aromatic heterocycles. The number of ketones is 1. The Labute approximate surface area is 239 Å². The zero-order chi connectivity index (χ0) is 30.9. The second-order valence-corrected chi connectivity index (χ2v) is 9.83. The van der Waals surface area contributed by atoms with Gasteiger partial charge in [0.05, 0.1) is 11.3 Å². The molecule has 0 saturated carbocycles. The van der Waals surface area contributed by atoms with Crippen molar-refractivity contribution in [2.75, 3.05) is 13.1 Å². The predicted molar refractivity (Wildman–Crippen MR) is 144 cm³/mol. The third kappa shape index (κ3) is 9.23. The number of aliphatic carboxylic acids is 1. The summed E-state index contributed by atoms with van der Waals surface area (Å²) in [7, 11) is 0. The van der Waals surface area contributed by atoms with Gasteiger partial charge in [-0.05, 0) is 55.6 Å². The molecule has 2 amide bonds. The van der Waals surface area contributed by atoms with E-state index in [1.807, 2.05) is 36.4 Å². The number of carbonyl (C=O) groups excluding carboxylic acids is 3. The topological polar surface area (TPSA) is 161 Å². The smallest absolute Gasteiger partial charge is 0.475 e. The van der Waals surface area contributed by atoms with Crippen LogP contribution in [0.15, 0.2) is 60.9 Å². The van der Waals surface area contributed by atoms with Crippen LogP contribution < -0.4 is 11.1 Å². The molecule has 1 fully saturated rings.